The molecule has 2 fully saturated rings. The van der Waals surface area contributed by atoms with E-state index in [1.165, 1.54) is 25.9 Å². The van der Waals surface area contributed by atoms with Gasteiger partial charge in [-0.15, -0.1) is 0 Å². The van der Waals surface area contributed by atoms with E-state index < -0.39 is 0 Å². The van der Waals surface area contributed by atoms with Gasteiger partial charge in [0, 0.05) is 64.2 Å². The second-order valence-electron chi connectivity index (χ2n) is 7.45. The van der Waals surface area contributed by atoms with Gasteiger partial charge in [0.25, 0.3) is 5.91 Å². The van der Waals surface area contributed by atoms with Gasteiger partial charge in [-0.2, -0.15) is 0 Å². The summed E-state index contributed by atoms with van der Waals surface area (Å²) in [5.74, 6) is 1.20. The second kappa shape index (κ2) is 8.50. The van der Waals surface area contributed by atoms with Gasteiger partial charge in [0.2, 0.25) is 0 Å². The maximum atomic E-state index is 13.4. The fraction of sp³-hybridized carbons (Fsp3) is 0.650. The molecule has 1 atom stereocenters. The number of piperidine rings is 1. The van der Waals surface area contributed by atoms with Crippen molar-refractivity contribution in [3.05, 3.63) is 23.3 Å². The molecule has 0 N–H and O–H groups in total. The van der Waals surface area contributed by atoms with Crippen LogP contribution in [0.1, 0.15) is 43.7 Å². The number of quaternary nitrogens is 1. The summed E-state index contributed by atoms with van der Waals surface area (Å²) in [5, 5.41) is 0. The summed E-state index contributed by atoms with van der Waals surface area (Å²) in [6.45, 7) is 10.7. The van der Waals surface area contributed by atoms with Crippen LogP contribution in [0.3, 0.4) is 0 Å². The number of hydrogen-bond acceptors (Lipinski definition) is 2. The van der Waals surface area contributed by atoms with Crippen molar-refractivity contribution in [1.82, 2.24) is 0 Å². The Morgan fingerprint density at radius 3 is 2.28 bits per heavy atom. The van der Waals surface area contributed by atoms with Crippen LogP contribution in [-0.2, 0) is 37.5 Å². The van der Waals surface area contributed by atoms with Gasteiger partial charge in [-0.3, -0.25) is 4.79 Å². The van der Waals surface area contributed by atoms with Gasteiger partial charge >= 0.3 is 0 Å². The van der Waals surface area contributed by atoms with Gasteiger partial charge in [-0.25, -0.2) is 0 Å². The summed E-state index contributed by atoms with van der Waals surface area (Å²) < 4.78 is 6.38. The molecular formula is C20H31N2O2Y+. The first-order chi connectivity index (χ1) is 11.5. The first-order valence-corrected chi connectivity index (χ1v) is 9.35. The molecule has 2 aliphatic heterocycles. The first kappa shape index (κ1) is 20.9. The molecule has 5 heteroatoms. The van der Waals surface area contributed by atoms with Crippen molar-refractivity contribution in [2.75, 3.05) is 38.2 Å². The number of nitrogens with zero attached hydrogens (tertiary/aromatic N) is 2. The molecule has 1 aromatic rings. The molecule has 0 aliphatic carbocycles. The number of likely N-dealkylation sites (tertiary alicyclic amines) is 1. The molecule has 0 aromatic heterocycles. The number of anilines is 1. The Bertz CT molecular complexity index is 603. The van der Waals surface area contributed by atoms with Gasteiger partial charge in [-0.1, -0.05) is 0 Å². The normalized spacial score (nSPS) is 22.6. The van der Waals surface area contributed by atoms with Crippen molar-refractivity contribution < 1.29 is 46.7 Å². The molecule has 4 nitrogen and oxygen atoms in total. The Kier molecular flexibility index (Phi) is 7.09. The molecular weight excluding hydrogens is 389 g/mol. The molecule has 2 saturated heterocycles. The molecule has 135 valence electrons. The van der Waals surface area contributed by atoms with Crippen LogP contribution in [-0.4, -0.2) is 49.7 Å². The Morgan fingerprint density at radius 1 is 1.16 bits per heavy atom. The number of aryl methyl sites for hydroxylation is 2. The smallest absolute Gasteiger partial charge is 0.285 e. The average molecular weight is 420 g/mol. The van der Waals surface area contributed by atoms with E-state index in [0.717, 1.165) is 53.0 Å². The van der Waals surface area contributed by atoms with Crippen LogP contribution in [0.25, 0.3) is 0 Å². The Labute approximate surface area is 177 Å². The predicted octanol–water partition coefficient (Wildman–Crippen LogP) is 3.44. The van der Waals surface area contributed by atoms with Crippen LogP contribution in [0.15, 0.2) is 12.1 Å². The summed E-state index contributed by atoms with van der Waals surface area (Å²) in [6, 6.07) is 4.23. The van der Waals surface area contributed by atoms with Crippen molar-refractivity contribution in [2.45, 2.75) is 52.5 Å². The predicted molar refractivity (Wildman–Crippen MR) is 97.6 cm³/mol. The zero-order valence-electron chi connectivity index (χ0n) is 16.2. The van der Waals surface area contributed by atoms with E-state index in [9.17, 15) is 4.79 Å². The number of amides is 1. The van der Waals surface area contributed by atoms with E-state index in [1.54, 1.807) is 7.11 Å². The van der Waals surface area contributed by atoms with Crippen LogP contribution >= 0.6 is 0 Å². The van der Waals surface area contributed by atoms with Gasteiger partial charge in [-0.05, 0) is 50.5 Å². The molecule has 1 aromatic carbocycles. The minimum Gasteiger partial charge on any atom is -0.497 e. The number of ether oxygens (including phenoxy) is 1. The van der Waals surface area contributed by atoms with Gasteiger partial charge < -0.3 is 14.1 Å². The molecule has 1 amide bonds. The molecule has 1 radical (unpaired) electrons. The van der Waals surface area contributed by atoms with Crippen molar-refractivity contribution in [3.63, 3.8) is 0 Å². The number of hydrogen-bond donors (Lipinski definition) is 0. The van der Waals surface area contributed by atoms with Gasteiger partial charge in [0.1, 0.15) is 5.75 Å². The molecule has 0 spiro atoms. The third kappa shape index (κ3) is 3.82. The van der Waals surface area contributed by atoms with E-state index in [0.29, 0.717) is 5.91 Å². The van der Waals surface area contributed by atoms with Crippen molar-refractivity contribution in [1.29, 1.82) is 0 Å². The van der Waals surface area contributed by atoms with Crippen molar-refractivity contribution in [2.24, 2.45) is 0 Å². The number of likely N-dealkylation sites (N-methyl/N-ethyl adjacent to an activating group) is 1. The van der Waals surface area contributed by atoms with Crippen LogP contribution in [0, 0.1) is 13.8 Å². The van der Waals surface area contributed by atoms with Crippen LogP contribution in [0.5, 0.6) is 5.75 Å². The van der Waals surface area contributed by atoms with Crippen LogP contribution < -0.4 is 9.64 Å². The maximum absolute atomic E-state index is 13.4. The monoisotopic (exact) mass is 420 g/mol. The van der Waals surface area contributed by atoms with E-state index in [2.05, 4.69) is 25.7 Å². The fourth-order valence-electron chi connectivity index (χ4n) is 4.86. The Balaban J connectivity index is 0.00000225. The minimum absolute atomic E-state index is 0. The van der Waals surface area contributed by atoms with Crippen LogP contribution in [0.4, 0.5) is 5.69 Å². The molecule has 3 rings (SSSR count). The fourth-order valence-corrected chi connectivity index (χ4v) is 4.86. The number of methoxy groups -OCH3 is 1. The standard InChI is InChI=1S/C20H31N2O2.Y/c1-5-22(11-6-7-12-22)18-9-8-10-21(20(18)23)19-15(2)13-17(24-4)14-16(19)3;/h13-14,18H,5-12H2,1-4H3;/q+1;. The molecule has 2 aliphatic rings. The van der Waals surface area contributed by atoms with Crippen molar-refractivity contribution >= 4 is 11.6 Å². The van der Waals surface area contributed by atoms with E-state index in [-0.39, 0.29) is 38.8 Å². The number of carbonyl (C=O) groups is 1. The van der Waals surface area contributed by atoms with Gasteiger partial charge in [0.15, 0.2) is 6.04 Å². The third-order valence-corrected chi connectivity index (χ3v) is 6.13. The maximum Gasteiger partial charge on any atom is 0.285 e. The molecule has 2 heterocycles. The largest absolute Gasteiger partial charge is 0.497 e. The second-order valence-corrected chi connectivity index (χ2v) is 7.45. The number of rotatable bonds is 4. The summed E-state index contributed by atoms with van der Waals surface area (Å²) in [4.78, 5) is 15.5. The summed E-state index contributed by atoms with van der Waals surface area (Å²) in [7, 11) is 1.69. The summed E-state index contributed by atoms with van der Waals surface area (Å²) in [6.07, 6.45) is 4.66. The molecule has 0 bridgehead atoms. The Hall–Kier alpha value is -0.446. The van der Waals surface area contributed by atoms with E-state index >= 15 is 0 Å². The van der Waals surface area contributed by atoms with Crippen molar-refractivity contribution in [3.8, 4) is 5.75 Å². The summed E-state index contributed by atoms with van der Waals surface area (Å²) in [5.41, 5.74) is 3.36. The van der Waals surface area contributed by atoms with E-state index in [1.807, 2.05) is 12.1 Å². The third-order valence-electron chi connectivity index (χ3n) is 6.13. The first-order valence-electron chi connectivity index (χ1n) is 9.35. The minimum atomic E-state index is 0. The summed E-state index contributed by atoms with van der Waals surface area (Å²) >= 11 is 0. The zero-order valence-corrected chi connectivity index (χ0v) is 19.0. The SMILES string of the molecule is CC[N+]1(C2CCCN(c3c(C)cc(OC)cc3C)C2=O)CCCC1.[Y]. The quantitative estimate of drug-likeness (QED) is 0.699. The average Bonchev–Trinajstić information content (AvgIpc) is 3.05. The zero-order chi connectivity index (χ0) is 17.3. The number of benzene rings is 1. The van der Waals surface area contributed by atoms with Crippen LogP contribution in [0.2, 0.25) is 0 Å². The molecule has 0 saturated carbocycles. The van der Waals surface area contributed by atoms with E-state index in [4.69, 9.17) is 4.74 Å². The molecule has 25 heavy (non-hydrogen) atoms. The molecule has 1 unspecified atom stereocenters. The topological polar surface area (TPSA) is 29.5 Å². The van der Waals surface area contributed by atoms with Gasteiger partial charge in [0.05, 0.1) is 26.7 Å². The Morgan fingerprint density at radius 2 is 1.76 bits per heavy atom. The number of carbonyl (C=O) groups excluding carboxylic acids is 1.